The highest BCUT2D eigenvalue weighted by Crippen LogP contribution is 2.24. The first-order valence-electron chi connectivity index (χ1n) is 4.91. The first kappa shape index (κ1) is 10.5. The second kappa shape index (κ2) is 3.66. The van der Waals surface area contributed by atoms with Crippen molar-refractivity contribution < 1.29 is 9.90 Å². The monoisotopic (exact) mass is 185 g/mol. The lowest BCUT2D eigenvalue weighted by Gasteiger charge is -2.42. The van der Waals surface area contributed by atoms with Gasteiger partial charge in [-0.1, -0.05) is 13.3 Å². The molecule has 0 unspecified atom stereocenters. The number of carboxylic acid groups (broad SMARTS) is 1. The Labute approximate surface area is 79.7 Å². The van der Waals surface area contributed by atoms with Gasteiger partial charge in [-0.3, -0.25) is 4.79 Å². The summed E-state index contributed by atoms with van der Waals surface area (Å²) in [4.78, 5) is 13.0. The minimum absolute atomic E-state index is 0.599. The number of rotatable bonds is 4. The molecule has 1 N–H and O–H groups in total. The second-order valence-corrected chi connectivity index (χ2v) is 4.66. The van der Waals surface area contributed by atoms with E-state index in [0.717, 1.165) is 19.0 Å². The van der Waals surface area contributed by atoms with Gasteiger partial charge in [0.2, 0.25) is 0 Å². The Balaban J connectivity index is 2.31. The molecule has 76 valence electrons. The number of carbonyl (C=O) groups is 1. The van der Waals surface area contributed by atoms with Crippen LogP contribution in [0, 0.1) is 11.3 Å². The number of aliphatic carboxylic acids is 1. The standard InChI is InChI=1S/C10H19NO2/c1-4-8-5-11(6-8)7-10(2,3)9(12)13/h8H,4-7H2,1-3H3,(H,12,13). The van der Waals surface area contributed by atoms with Crippen molar-refractivity contribution in [1.82, 2.24) is 4.90 Å². The summed E-state index contributed by atoms with van der Waals surface area (Å²) < 4.78 is 0. The number of nitrogens with zero attached hydrogens (tertiary/aromatic N) is 1. The summed E-state index contributed by atoms with van der Waals surface area (Å²) >= 11 is 0. The largest absolute Gasteiger partial charge is 0.481 e. The average molecular weight is 185 g/mol. The molecule has 0 amide bonds. The van der Waals surface area contributed by atoms with Crippen molar-refractivity contribution in [3.8, 4) is 0 Å². The van der Waals surface area contributed by atoms with Crippen molar-refractivity contribution in [3.63, 3.8) is 0 Å². The van der Waals surface area contributed by atoms with Gasteiger partial charge in [-0.15, -0.1) is 0 Å². The van der Waals surface area contributed by atoms with E-state index in [2.05, 4.69) is 11.8 Å². The lowest BCUT2D eigenvalue weighted by molar-refractivity contribution is -0.149. The number of likely N-dealkylation sites (tertiary alicyclic amines) is 1. The highest BCUT2D eigenvalue weighted by Gasteiger charge is 2.34. The molecule has 1 fully saturated rings. The third kappa shape index (κ3) is 2.44. The maximum atomic E-state index is 10.8. The molecule has 0 saturated carbocycles. The highest BCUT2D eigenvalue weighted by molar-refractivity contribution is 5.73. The van der Waals surface area contributed by atoms with Gasteiger partial charge in [-0.25, -0.2) is 0 Å². The zero-order valence-electron chi connectivity index (χ0n) is 8.71. The normalized spacial score (nSPS) is 19.9. The molecular formula is C10H19NO2. The van der Waals surface area contributed by atoms with Crippen LogP contribution >= 0.6 is 0 Å². The molecule has 1 aliphatic heterocycles. The fourth-order valence-corrected chi connectivity index (χ4v) is 1.69. The second-order valence-electron chi connectivity index (χ2n) is 4.66. The molecule has 3 nitrogen and oxygen atoms in total. The van der Waals surface area contributed by atoms with Crippen LogP contribution in [0.2, 0.25) is 0 Å². The summed E-state index contributed by atoms with van der Waals surface area (Å²) in [6, 6.07) is 0. The predicted octanol–water partition coefficient (Wildman–Crippen LogP) is 1.44. The fraction of sp³-hybridized carbons (Fsp3) is 0.900. The molecule has 0 atom stereocenters. The first-order valence-corrected chi connectivity index (χ1v) is 4.91. The first-order chi connectivity index (χ1) is 5.95. The lowest BCUT2D eigenvalue weighted by Crippen LogP contribution is -2.51. The smallest absolute Gasteiger partial charge is 0.310 e. The van der Waals surface area contributed by atoms with Crippen LogP contribution in [0.15, 0.2) is 0 Å². The molecule has 0 spiro atoms. The van der Waals surface area contributed by atoms with E-state index in [1.54, 1.807) is 13.8 Å². The lowest BCUT2D eigenvalue weighted by atomic mass is 9.89. The van der Waals surface area contributed by atoms with Crippen LogP contribution in [0.25, 0.3) is 0 Å². The minimum atomic E-state index is -0.701. The van der Waals surface area contributed by atoms with Crippen LogP contribution in [-0.2, 0) is 4.79 Å². The average Bonchev–Trinajstić information content (AvgIpc) is 1.95. The number of hydrogen-bond acceptors (Lipinski definition) is 2. The van der Waals surface area contributed by atoms with Gasteiger partial charge in [0.15, 0.2) is 0 Å². The Kier molecular flexibility index (Phi) is 2.96. The summed E-state index contributed by atoms with van der Waals surface area (Å²) in [6.07, 6.45) is 1.21. The van der Waals surface area contributed by atoms with Crippen LogP contribution in [-0.4, -0.2) is 35.6 Å². The molecular weight excluding hydrogens is 166 g/mol. The van der Waals surface area contributed by atoms with Crippen LogP contribution in [0.1, 0.15) is 27.2 Å². The van der Waals surface area contributed by atoms with Crippen molar-refractivity contribution in [2.75, 3.05) is 19.6 Å². The summed E-state index contributed by atoms with van der Waals surface area (Å²) in [7, 11) is 0. The topological polar surface area (TPSA) is 40.5 Å². The van der Waals surface area contributed by atoms with E-state index in [9.17, 15) is 4.79 Å². The zero-order chi connectivity index (χ0) is 10.1. The quantitative estimate of drug-likeness (QED) is 0.720. The SMILES string of the molecule is CCC1CN(CC(C)(C)C(=O)O)C1. The predicted molar refractivity (Wildman–Crippen MR) is 51.6 cm³/mol. The van der Waals surface area contributed by atoms with Gasteiger partial charge in [-0.05, 0) is 19.8 Å². The van der Waals surface area contributed by atoms with E-state index < -0.39 is 11.4 Å². The van der Waals surface area contributed by atoms with Crippen molar-refractivity contribution in [2.24, 2.45) is 11.3 Å². The maximum Gasteiger partial charge on any atom is 0.310 e. The van der Waals surface area contributed by atoms with Crippen LogP contribution in [0.5, 0.6) is 0 Å². The molecule has 0 aromatic carbocycles. The van der Waals surface area contributed by atoms with Crippen LogP contribution in [0.4, 0.5) is 0 Å². The Morgan fingerprint density at radius 2 is 2.08 bits per heavy atom. The molecule has 0 aromatic heterocycles. The molecule has 0 aliphatic carbocycles. The summed E-state index contributed by atoms with van der Waals surface area (Å²) in [5, 5.41) is 8.91. The van der Waals surface area contributed by atoms with Gasteiger partial charge in [-0.2, -0.15) is 0 Å². The van der Waals surface area contributed by atoms with E-state index in [0.29, 0.717) is 6.54 Å². The van der Waals surface area contributed by atoms with E-state index in [-0.39, 0.29) is 0 Å². The van der Waals surface area contributed by atoms with Crippen LogP contribution < -0.4 is 0 Å². The van der Waals surface area contributed by atoms with Gasteiger partial charge >= 0.3 is 5.97 Å². The molecule has 1 aliphatic rings. The maximum absolute atomic E-state index is 10.8. The van der Waals surface area contributed by atoms with E-state index in [1.807, 2.05) is 0 Å². The van der Waals surface area contributed by atoms with Gasteiger partial charge < -0.3 is 10.0 Å². The molecule has 1 rings (SSSR count). The molecule has 0 bridgehead atoms. The molecule has 3 heteroatoms. The summed E-state index contributed by atoms with van der Waals surface area (Å²) in [5.41, 5.74) is -0.599. The molecule has 0 radical (unpaired) electrons. The van der Waals surface area contributed by atoms with Crippen molar-refractivity contribution in [3.05, 3.63) is 0 Å². The van der Waals surface area contributed by atoms with Crippen molar-refractivity contribution in [2.45, 2.75) is 27.2 Å². The van der Waals surface area contributed by atoms with Gasteiger partial charge in [0.25, 0.3) is 0 Å². The fourth-order valence-electron chi connectivity index (χ4n) is 1.69. The zero-order valence-corrected chi connectivity index (χ0v) is 8.71. The Hall–Kier alpha value is -0.570. The molecule has 1 heterocycles. The Bertz CT molecular complexity index is 195. The van der Waals surface area contributed by atoms with E-state index in [1.165, 1.54) is 6.42 Å². The summed E-state index contributed by atoms with van der Waals surface area (Å²) in [5.74, 6) is 0.0945. The minimum Gasteiger partial charge on any atom is -0.481 e. The third-order valence-electron chi connectivity index (χ3n) is 2.81. The molecule has 0 aromatic rings. The Morgan fingerprint density at radius 1 is 1.54 bits per heavy atom. The Morgan fingerprint density at radius 3 is 2.46 bits per heavy atom. The summed E-state index contributed by atoms with van der Waals surface area (Å²) in [6.45, 7) is 8.59. The molecule has 13 heavy (non-hydrogen) atoms. The third-order valence-corrected chi connectivity index (χ3v) is 2.81. The van der Waals surface area contributed by atoms with Crippen molar-refractivity contribution >= 4 is 5.97 Å². The number of hydrogen-bond donors (Lipinski definition) is 1. The van der Waals surface area contributed by atoms with E-state index in [4.69, 9.17) is 5.11 Å². The number of carboxylic acids is 1. The molecule has 1 saturated heterocycles. The van der Waals surface area contributed by atoms with E-state index >= 15 is 0 Å². The highest BCUT2D eigenvalue weighted by atomic mass is 16.4. The van der Waals surface area contributed by atoms with Gasteiger partial charge in [0.05, 0.1) is 5.41 Å². The van der Waals surface area contributed by atoms with Gasteiger partial charge in [0, 0.05) is 19.6 Å². The van der Waals surface area contributed by atoms with Gasteiger partial charge in [0.1, 0.15) is 0 Å². The van der Waals surface area contributed by atoms with Crippen LogP contribution in [0.3, 0.4) is 0 Å². The van der Waals surface area contributed by atoms with Crippen molar-refractivity contribution in [1.29, 1.82) is 0 Å².